The third-order valence-electron chi connectivity index (χ3n) is 4.51. The zero-order valence-corrected chi connectivity index (χ0v) is 16.7. The van der Waals surface area contributed by atoms with Gasteiger partial charge in [0.15, 0.2) is 4.80 Å². The molecule has 0 saturated heterocycles. The van der Waals surface area contributed by atoms with Crippen molar-refractivity contribution in [2.45, 2.75) is 33.7 Å². The van der Waals surface area contributed by atoms with E-state index >= 15 is 0 Å². The molecule has 1 aromatic heterocycles. The highest BCUT2D eigenvalue weighted by molar-refractivity contribution is 7.16. The molecule has 0 N–H and O–H groups in total. The van der Waals surface area contributed by atoms with Crippen LogP contribution in [-0.4, -0.2) is 23.6 Å². The van der Waals surface area contributed by atoms with E-state index in [0.717, 1.165) is 32.5 Å². The Labute approximate surface area is 161 Å². The predicted octanol–water partition coefficient (Wildman–Crippen LogP) is 3.47. The first-order chi connectivity index (χ1) is 12.9. The van der Waals surface area contributed by atoms with Crippen molar-refractivity contribution in [3.05, 3.63) is 63.5 Å². The van der Waals surface area contributed by atoms with Crippen molar-refractivity contribution in [1.29, 1.82) is 0 Å². The number of carbonyl (C=O) groups is 2. The molecule has 27 heavy (non-hydrogen) atoms. The van der Waals surface area contributed by atoms with Crippen molar-refractivity contribution in [3.8, 4) is 0 Å². The molecule has 0 bridgehead atoms. The highest BCUT2D eigenvalue weighted by Crippen LogP contribution is 2.22. The SMILES string of the molecule is COC(=O)Cn1c(=NC(=O)Cc2ccc(C)cc2)sc2cc(C)c(C)cc21. The van der Waals surface area contributed by atoms with E-state index in [2.05, 4.69) is 11.1 Å². The standard InChI is InChI=1S/C21H22N2O3S/c1-13-5-7-16(8-6-13)11-19(24)22-21-23(12-20(25)26-4)17-9-14(2)15(3)10-18(17)27-21/h5-10H,11-12H2,1-4H3. The number of nitrogens with zero attached hydrogens (tertiary/aromatic N) is 2. The highest BCUT2D eigenvalue weighted by atomic mass is 32.1. The van der Waals surface area contributed by atoms with Gasteiger partial charge in [-0.2, -0.15) is 4.99 Å². The Kier molecular flexibility index (Phi) is 5.56. The van der Waals surface area contributed by atoms with Crippen molar-refractivity contribution in [2.24, 2.45) is 4.99 Å². The number of aromatic nitrogens is 1. The molecule has 2 aromatic carbocycles. The van der Waals surface area contributed by atoms with E-state index in [1.54, 1.807) is 4.57 Å². The quantitative estimate of drug-likeness (QED) is 0.649. The van der Waals surface area contributed by atoms with Crippen molar-refractivity contribution in [2.75, 3.05) is 7.11 Å². The molecule has 5 nitrogen and oxygen atoms in total. The van der Waals surface area contributed by atoms with E-state index in [1.807, 2.05) is 51.1 Å². The summed E-state index contributed by atoms with van der Waals surface area (Å²) < 4.78 is 7.56. The number of methoxy groups -OCH3 is 1. The second kappa shape index (κ2) is 7.88. The van der Waals surface area contributed by atoms with Crippen LogP contribution in [0.25, 0.3) is 10.2 Å². The fourth-order valence-corrected chi connectivity index (χ4v) is 3.91. The summed E-state index contributed by atoms with van der Waals surface area (Å²) >= 11 is 1.41. The normalized spacial score (nSPS) is 11.8. The van der Waals surface area contributed by atoms with Crippen LogP contribution in [0.3, 0.4) is 0 Å². The molecule has 6 heteroatoms. The minimum Gasteiger partial charge on any atom is -0.468 e. The molecule has 3 rings (SSSR count). The van der Waals surface area contributed by atoms with E-state index in [0.29, 0.717) is 4.80 Å². The van der Waals surface area contributed by atoms with Gasteiger partial charge in [0.2, 0.25) is 0 Å². The number of ether oxygens (including phenoxy) is 1. The van der Waals surface area contributed by atoms with Crippen LogP contribution in [0.5, 0.6) is 0 Å². The molecule has 0 radical (unpaired) electrons. The average molecular weight is 382 g/mol. The molecule has 0 spiro atoms. The maximum atomic E-state index is 12.5. The molecule has 1 amide bonds. The number of hydrogen-bond donors (Lipinski definition) is 0. The number of fused-ring (bicyclic) bond motifs is 1. The first-order valence-electron chi connectivity index (χ1n) is 8.68. The summed E-state index contributed by atoms with van der Waals surface area (Å²) in [6.45, 7) is 6.09. The lowest BCUT2D eigenvalue weighted by Gasteiger charge is -2.05. The number of thiazole rings is 1. The van der Waals surface area contributed by atoms with Gasteiger partial charge in [0.05, 0.1) is 23.7 Å². The first-order valence-corrected chi connectivity index (χ1v) is 9.49. The van der Waals surface area contributed by atoms with Gasteiger partial charge in [0, 0.05) is 0 Å². The third-order valence-corrected chi connectivity index (χ3v) is 5.55. The number of rotatable bonds is 4. The van der Waals surface area contributed by atoms with E-state index in [9.17, 15) is 9.59 Å². The minimum atomic E-state index is -0.375. The van der Waals surface area contributed by atoms with E-state index in [4.69, 9.17) is 4.74 Å². The predicted molar refractivity (Wildman–Crippen MR) is 107 cm³/mol. The number of carbonyl (C=O) groups excluding carboxylic acids is 2. The van der Waals surface area contributed by atoms with Gasteiger partial charge < -0.3 is 9.30 Å². The topological polar surface area (TPSA) is 60.7 Å². The summed E-state index contributed by atoms with van der Waals surface area (Å²) in [7, 11) is 1.35. The molecule has 0 saturated carbocycles. The number of benzene rings is 2. The minimum absolute atomic E-state index is 0.0235. The Balaban J connectivity index is 2.04. The number of hydrogen-bond acceptors (Lipinski definition) is 4. The fourth-order valence-electron chi connectivity index (χ4n) is 2.78. The number of esters is 1. The zero-order valence-electron chi connectivity index (χ0n) is 15.9. The van der Waals surface area contributed by atoms with Gasteiger partial charge in [-0.25, -0.2) is 0 Å². The summed E-state index contributed by atoms with van der Waals surface area (Å²) in [6.07, 6.45) is 0.227. The summed E-state index contributed by atoms with van der Waals surface area (Å²) in [5, 5.41) is 0. The number of aryl methyl sites for hydroxylation is 3. The molecule has 0 aliphatic rings. The summed E-state index contributed by atoms with van der Waals surface area (Å²) in [5.74, 6) is -0.613. The highest BCUT2D eigenvalue weighted by Gasteiger charge is 2.13. The second-order valence-corrected chi connectivity index (χ2v) is 7.63. The Bertz CT molecular complexity index is 1080. The molecule has 0 unspecified atom stereocenters. The fraction of sp³-hybridized carbons (Fsp3) is 0.286. The Hall–Kier alpha value is -2.73. The van der Waals surface area contributed by atoms with E-state index in [1.165, 1.54) is 18.4 Å². The molecule has 1 heterocycles. The Morgan fingerprint density at radius 1 is 1.07 bits per heavy atom. The van der Waals surface area contributed by atoms with Gasteiger partial charge in [-0.05, 0) is 49.6 Å². The lowest BCUT2D eigenvalue weighted by molar-refractivity contribution is -0.141. The van der Waals surface area contributed by atoms with Crippen LogP contribution in [0.2, 0.25) is 0 Å². The third kappa shape index (κ3) is 4.34. The van der Waals surface area contributed by atoms with Crippen LogP contribution in [0.15, 0.2) is 41.4 Å². The van der Waals surface area contributed by atoms with Gasteiger partial charge in [-0.15, -0.1) is 0 Å². The molecular formula is C21H22N2O3S. The van der Waals surface area contributed by atoms with Crippen molar-refractivity contribution in [3.63, 3.8) is 0 Å². The zero-order chi connectivity index (χ0) is 19.6. The van der Waals surface area contributed by atoms with Crippen LogP contribution in [0, 0.1) is 20.8 Å². The molecule has 140 valence electrons. The van der Waals surface area contributed by atoms with Gasteiger partial charge >= 0.3 is 5.97 Å². The van der Waals surface area contributed by atoms with Gasteiger partial charge in [0.25, 0.3) is 5.91 Å². The molecule has 0 atom stereocenters. The van der Waals surface area contributed by atoms with Crippen molar-refractivity contribution < 1.29 is 14.3 Å². The maximum absolute atomic E-state index is 12.5. The number of amides is 1. The molecule has 0 aliphatic carbocycles. The second-order valence-electron chi connectivity index (χ2n) is 6.62. The molecule has 0 aliphatic heterocycles. The van der Waals surface area contributed by atoms with E-state index < -0.39 is 0 Å². The van der Waals surface area contributed by atoms with Crippen LogP contribution in [-0.2, 0) is 27.3 Å². The Morgan fingerprint density at radius 3 is 2.41 bits per heavy atom. The Morgan fingerprint density at radius 2 is 1.74 bits per heavy atom. The summed E-state index contributed by atoms with van der Waals surface area (Å²) in [5.41, 5.74) is 5.23. The van der Waals surface area contributed by atoms with Crippen LogP contribution < -0.4 is 4.80 Å². The molecule has 0 fully saturated rings. The monoisotopic (exact) mass is 382 g/mol. The van der Waals surface area contributed by atoms with Crippen molar-refractivity contribution >= 4 is 33.4 Å². The van der Waals surface area contributed by atoms with Crippen LogP contribution in [0.1, 0.15) is 22.3 Å². The summed E-state index contributed by atoms with van der Waals surface area (Å²) in [6, 6.07) is 11.9. The maximum Gasteiger partial charge on any atom is 0.325 e. The van der Waals surface area contributed by atoms with Crippen molar-refractivity contribution in [1.82, 2.24) is 4.57 Å². The lowest BCUT2D eigenvalue weighted by atomic mass is 10.1. The molecular weight excluding hydrogens is 360 g/mol. The van der Waals surface area contributed by atoms with E-state index in [-0.39, 0.29) is 24.8 Å². The van der Waals surface area contributed by atoms with Gasteiger partial charge in [-0.1, -0.05) is 41.2 Å². The van der Waals surface area contributed by atoms with Gasteiger partial charge in [0.1, 0.15) is 6.54 Å². The molecule has 3 aromatic rings. The van der Waals surface area contributed by atoms with Gasteiger partial charge in [-0.3, -0.25) is 9.59 Å². The average Bonchev–Trinajstić information content (AvgIpc) is 2.93. The summed E-state index contributed by atoms with van der Waals surface area (Å²) in [4.78, 5) is 29.2. The van der Waals surface area contributed by atoms with Crippen LogP contribution in [0.4, 0.5) is 0 Å². The lowest BCUT2D eigenvalue weighted by Crippen LogP contribution is -2.22. The smallest absolute Gasteiger partial charge is 0.325 e. The first kappa shape index (κ1) is 19.0. The van der Waals surface area contributed by atoms with Crippen LogP contribution >= 0.6 is 11.3 Å². The largest absolute Gasteiger partial charge is 0.468 e.